The van der Waals surface area contributed by atoms with E-state index in [0.29, 0.717) is 34.8 Å². The van der Waals surface area contributed by atoms with Gasteiger partial charge in [0.2, 0.25) is 0 Å². The molecular weight excluding hydrogens is 478 g/mol. The van der Waals surface area contributed by atoms with E-state index in [0.717, 1.165) is 16.6 Å². The molecule has 5 aromatic rings. The van der Waals surface area contributed by atoms with Crippen molar-refractivity contribution in [3.8, 4) is 22.9 Å². The van der Waals surface area contributed by atoms with Gasteiger partial charge < -0.3 is 14.7 Å². The number of aromatic nitrogens is 3. The summed E-state index contributed by atoms with van der Waals surface area (Å²) >= 11 is 1.18. The van der Waals surface area contributed by atoms with Crippen LogP contribution in [0.3, 0.4) is 0 Å². The van der Waals surface area contributed by atoms with E-state index in [4.69, 9.17) is 9.88 Å². The van der Waals surface area contributed by atoms with Crippen LogP contribution in [-0.2, 0) is 11.8 Å². The van der Waals surface area contributed by atoms with Gasteiger partial charge in [-0.05, 0) is 36.2 Å². The van der Waals surface area contributed by atoms with Gasteiger partial charge in [0.1, 0.15) is 17.4 Å². The molecule has 0 aliphatic carbocycles. The van der Waals surface area contributed by atoms with Gasteiger partial charge in [0.15, 0.2) is 11.6 Å². The van der Waals surface area contributed by atoms with Gasteiger partial charge in [-0.2, -0.15) is 0 Å². The summed E-state index contributed by atoms with van der Waals surface area (Å²) in [5, 5.41) is 6.49. The number of nitrogens with one attached hydrogen (secondary N) is 2. The molecule has 5 nitrogen and oxygen atoms in total. The molecule has 184 valence electrons. The fourth-order valence-corrected chi connectivity index (χ4v) is 4.72. The molecule has 0 radical (unpaired) electrons. The molecule has 0 aliphatic heterocycles. The zero-order valence-electron chi connectivity index (χ0n) is 19.9. The lowest BCUT2D eigenvalue weighted by molar-refractivity contribution is 0.437. The van der Waals surface area contributed by atoms with Crippen molar-refractivity contribution < 1.29 is 13.5 Å². The second-order valence-electron chi connectivity index (χ2n) is 9.11. The number of fused-ring (bicyclic) bond motifs is 1. The van der Waals surface area contributed by atoms with E-state index >= 15 is 4.39 Å². The number of aromatic amines is 2. The average molecular weight is 505 g/mol. The first-order chi connectivity index (χ1) is 17.4. The number of rotatable bonds is 8. The molecule has 4 N–H and O–H groups in total. The first-order valence-corrected chi connectivity index (χ1v) is 12.6. The van der Waals surface area contributed by atoms with Crippen LogP contribution in [0.25, 0.3) is 22.3 Å². The van der Waals surface area contributed by atoms with Crippen LogP contribution in [0.2, 0.25) is 0 Å². The Morgan fingerprint density at radius 3 is 2.61 bits per heavy atom. The highest BCUT2D eigenvalue weighted by atomic mass is 32.2. The van der Waals surface area contributed by atoms with E-state index in [1.807, 2.05) is 36.4 Å². The molecule has 0 aliphatic rings. The Bertz CT molecular complexity index is 1510. The summed E-state index contributed by atoms with van der Waals surface area (Å²) in [6.45, 7) is 4.16. The molecule has 2 aromatic heterocycles. The van der Waals surface area contributed by atoms with Gasteiger partial charge in [-0.15, -0.1) is 0 Å². The number of aryl methyl sites for hydroxylation is 1. The van der Waals surface area contributed by atoms with Crippen LogP contribution in [0.5, 0.6) is 11.5 Å². The molecule has 0 fully saturated rings. The van der Waals surface area contributed by atoms with Crippen LogP contribution in [-0.4, -0.2) is 20.7 Å². The molecule has 0 atom stereocenters. The van der Waals surface area contributed by atoms with Crippen molar-refractivity contribution >= 4 is 22.9 Å². The maximum Gasteiger partial charge on any atom is 0.168 e. The Morgan fingerprint density at radius 1 is 1.03 bits per heavy atom. The molecule has 0 bridgehead atoms. The number of benzene rings is 3. The molecule has 3 aromatic carbocycles. The summed E-state index contributed by atoms with van der Waals surface area (Å²) < 4.78 is 36.0. The summed E-state index contributed by atoms with van der Waals surface area (Å²) in [6.07, 6.45) is 4.00. The van der Waals surface area contributed by atoms with Crippen molar-refractivity contribution in [3.63, 3.8) is 0 Å². The normalized spacial score (nSPS) is 11.8. The zero-order valence-corrected chi connectivity index (χ0v) is 20.8. The molecule has 2 heterocycles. The lowest BCUT2D eigenvalue weighted by Gasteiger charge is -2.23. The first kappa shape index (κ1) is 24.1. The van der Waals surface area contributed by atoms with Gasteiger partial charge >= 0.3 is 0 Å². The van der Waals surface area contributed by atoms with Gasteiger partial charge in [0.05, 0.1) is 5.56 Å². The van der Waals surface area contributed by atoms with E-state index in [2.05, 4.69) is 28.8 Å². The number of hydrogen-bond acceptors (Lipinski definition) is 4. The summed E-state index contributed by atoms with van der Waals surface area (Å²) in [5.41, 5.74) is 3.23. The van der Waals surface area contributed by atoms with E-state index < -0.39 is 11.6 Å². The second-order valence-corrected chi connectivity index (χ2v) is 9.85. The third-order valence-electron chi connectivity index (χ3n) is 6.49. The Balaban J connectivity index is 1.50. The fourth-order valence-electron chi connectivity index (χ4n) is 4.40. The Labute approximate surface area is 212 Å². The number of hydrogen-bond donors (Lipinski definition) is 3. The maximum absolute atomic E-state index is 15.1. The number of nitrogens with zero attached hydrogens (tertiary/aromatic N) is 1. The van der Waals surface area contributed by atoms with Crippen LogP contribution < -0.4 is 9.88 Å². The minimum Gasteiger partial charge on any atom is -0.454 e. The van der Waals surface area contributed by atoms with Gasteiger partial charge in [-0.25, -0.2) is 13.8 Å². The van der Waals surface area contributed by atoms with Gasteiger partial charge in [0, 0.05) is 51.8 Å². The highest BCUT2D eigenvalue weighted by molar-refractivity contribution is 7.97. The summed E-state index contributed by atoms with van der Waals surface area (Å²) in [4.78, 5) is 10.8. The Morgan fingerprint density at radius 2 is 1.83 bits per heavy atom. The predicted octanol–water partition coefficient (Wildman–Crippen LogP) is 7.10. The largest absolute Gasteiger partial charge is 0.454 e. The van der Waals surface area contributed by atoms with Gasteiger partial charge in [-0.1, -0.05) is 56.1 Å². The summed E-state index contributed by atoms with van der Waals surface area (Å²) in [7, 11) is 0. The van der Waals surface area contributed by atoms with Crippen LogP contribution in [0.4, 0.5) is 8.78 Å². The average Bonchev–Trinajstić information content (AvgIpc) is 3.56. The molecule has 0 saturated carbocycles. The zero-order chi connectivity index (χ0) is 25.3. The highest BCUT2D eigenvalue weighted by Crippen LogP contribution is 2.37. The number of nitrogens with two attached hydrogens (primary N) is 1. The van der Waals surface area contributed by atoms with Crippen LogP contribution in [0.15, 0.2) is 73.1 Å². The quantitative estimate of drug-likeness (QED) is 0.197. The summed E-state index contributed by atoms with van der Waals surface area (Å²) in [5.74, 6) is 0.431. The Kier molecular flexibility index (Phi) is 6.55. The minimum atomic E-state index is -0.502. The third kappa shape index (κ3) is 4.50. The van der Waals surface area contributed by atoms with Crippen molar-refractivity contribution in [1.29, 1.82) is 0 Å². The predicted molar refractivity (Wildman–Crippen MR) is 141 cm³/mol. The van der Waals surface area contributed by atoms with Crippen molar-refractivity contribution in [2.75, 3.05) is 5.75 Å². The maximum atomic E-state index is 15.1. The minimum absolute atomic E-state index is 0.110. The molecule has 0 unspecified atom stereocenters. The lowest BCUT2D eigenvalue weighted by Crippen LogP contribution is -2.19. The lowest BCUT2D eigenvalue weighted by atomic mass is 9.82. The highest BCUT2D eigenvalue weighted by Gasteiger charge is 2.26. The monoisotopic (exact) mass is 504 g/mol. The van der Waals surface area contributed by atoms with Crippen molar-refractivity contribution in [2.24, 2.45) is 5.14 Å². The molecule has 5 rings (SSSR count). The van der Waals surface area contributed by atoms with Crippen LogP contribution in [0.1, 0.15) is 30.7 Å². The second kappa shape index (κ2) is 9.79. The molecule has 0 spiro atoms. The summed E-state index contributed by atoms with van der Waals surface area (Å²) in [6, 6.07) is 17.6. The number of H-pyrrole nitrogens is 2. The fraction of sp³-hybridized carbons (Fsp3) is 0.179. The molecule has 8 heteroatoms. The first-order valence-electron chi connectivity index (χ1n) is 11.6. The molecule has 0 amide bonds. The van der Waals surface area contributed by atoms with Crippen molar-refractivity contribution in [2.45, 2.75) is 25.7 Å². The number of ether oxygens (including phenoxy) is 1. The molecule has 36 heavy (non-hydrogen) atoms. The molecule has 0 saturated heterocycles. The topological polar surface area (TPSA) is 79.7 Å². The molecular formula is C28H26F2N4OS. The Hall–Kier alpha value is -3.62. The van der Waals surface area contributed by atoms with E-state index in [9.17, 15) is 4.39 Å². The SMILES string of the molecule is CC(C)(c1ccccc1)c1cnc(-c2cc(Oc3c(F)cc4[nH]ccc4c3CCSN)ccc2F)[nH]1. The van der Waals surface area contributed by atoms with Crippen molar-refractivity contribution in [1.82, 2.24) is 15.0 Å². The van der Waals surface area contributed by atoms with Crippen molar-refractivity contribution in [3.05, 3.63) is 102 Å². The van der Waals surface area contributed by atoms with E-state index in [1.54, 1.807) is 12.4 Å². The van der Waals surface area contributed by atoms with Crippen LogP contribution >= 0.6 is 11.9 Å². The standard InChI is InChI=1S/C28H26F2N4OS/c1-28(2,17-6-4-3-5-7-17)25-16-33-27(34-25)21-14-18(8-9-22(21)29)35-26-20(11-13-36-31)19-10-12-32-24(19)15-23(26)30/h3-10,12,14-16,32H,11,13,31H2,1-2H3,(H,33,34). The number of halogens is 2. The van der Waals surface area contributed by atoms with Gasteiger partial charge in [-0.3, -0.25) is 5.14 Å². The third-order valence-corrected chi connectivity index (χ3v) is 6.93. The number of imidazole rings is 1. The smallest absolute Gasteiger partial charge is 0.168 e. The van der Waals surface area contributed by atoms with E-state index in [1.165, 1.54) is 36.2 Å². The van der Waals surface area contributed by atoms with E-state index in [-0.39, 0.29) is 16.7 Å². The van der Waals surface area contributed by atoms with Gasteiger partial charge in [0.25, 0.3) is 0 Å². The van der Waals surface area contributed by atoms with Crippen LogP contribution in [0, 0.1) is 11.6 Å².